The summed E-state index contributed by atoms with van der Waals surface area (Å²) in [6.07, 6.45) is 0. The average molecular weight is 129 g/mol. The minimum Gasteiger partial charge on any atom is -1.00 e. The molecule has 0 rings (SSSR count). The monoisotopic (exact) mass is 129 g/mol. The summed E-state index contributed by atoms with van der Waals surface area (Å²) in [4.78, 5) is 9.82. The third-order valence-electron chi connectivity index (χ3n) is 0.348. The van der Waals surface area contributed by atoms with Gasteiger partial charge in [0.15, 0.2) is 0 Å². The quantitative estimate of drug-likeness (QED) is 0.324. The van der Waals surface area contributed by atoms with Crippen molar-refractivity contribution in [3.05, 3.63) is 0 Å². The van der Waals surface area contributed by atoms with Crippen LogP contribution in [0.4, 0.5) is 0 Å². The van der Waals surface area contributed by atoms with Crippen molar-refractivity contribution in [3.63, 3.8) is 0 Å². The molecule has 0 aliphatic heterocycles. The number of rotatable bonds is 1. The van der Waals surface area contributed by atoms with Crippen molar-refractivity contribution < 1.29 is 40.5 Å². The standard InChI is InChI=1S/C4H8O2.H3N.Na.H/c1-3-6-4(2)5;;;/h3H2,1-2H3;1H3;;/q;;+1;-1. The van der Waals surface area contributed by atoms with Gasteiger partial charge in [-0.05, 0) is 6.92 Å². The third kappa shape index (κ3) is 16.1. The van der Waals surface area contributed by atoms with Gasteiger partial charge in [0.25, 0.3) is 0 Å². The second-order valence-corrected chi connectivity index (χ2v) is 0.925. The van der Waals surface area contributed by atoms with Crippen molar-refractivity contribution in [1.29, 1.82) is 0 Å². The summed E-state index contributed by atoms with van der Waals surface area (Å²) < 4.78 is 4.40. The van der Waals surface area contributed by atoms with E-state index in [0.717, 1.165) is 0 Å². The van der Waals surface area contributed by atoms with E-state index in [-0.39, 0.29) is 43.1 Å². The van der Waals surface area contributed by atoms with Crippen molar-refractivity contribution in [1.82, 2.24) is 6.15 Å². The van der Waals surface area contributed by atoms with Crippen LogP contribution in [0, 0.1) is 0 Å². The van der Waals surface area contributed by atoms with Crippen molar-refractivity contribution in [3.8, 4) is 0 Å². The average Bonchev–Trinajstić information content (AvgIpc) is 1.35. The Morgan fingerprint density at radius 3 is 2.12 bits per heavy atom. The Kier molecular flexibility index (Phi) is 20.6. The van der Waals surface area contributed by atoms with Crippen LogP contribution in [-0.2, 0) is 9.53 Å². The van der Waals surface area contributed by atoms with E-state index in [0.29, 0.717) is 6.61 Å². The van der Waals surface area contributed by atoms with Crippen LogP contribution in [0.3, 0.4) is 0 Å². The molecule has 0 aromatic rings. The molecule has 0 fully saturated rings. The largest absolute Gasteiger partial charge is 1.00 e. The van der Waals surface area contributed by atoms with Gasteiger partial charge in [0.05, 0.1) is 6.61 Å². The molecule has 0 aliphatic rings. The number of carbonyl (C=O) groups is 1. The van der Waals surface area contributed by atoms with E-state index in [2.05, 4.69) is 4.74 Å². The molecule has 8 heavy (non-hydrogen) atoms. The van der Waals surface area contributed by atoms with Gasteiger partial charge in [-0.25, -0.2) is 0 Å². The first-order chi connectivity index (χ1) is 2.77. The molecule has 0 aliphatic carbocycles. The second-order valence-electron chi connectivity index (χ2n) is 0.925. The first-order valence-electron chi connectivity index (χ1n) is 1.90. The molecule has 3 nitrogen and oxygen atoms in total. The number of hydrogen-bond acceptors (Lipinski definition) is 3. The van der Waals surface area contributed by atoms with Gasteiger partial charge in [-0.1, -0.05) is 0 Å². The van der Waals surface area contributed by atoms with E-state index in [1.54, 1.807) is 6.92 Å². The van der Waals surface area contributed by atoms with Crippen LogP contribution in [-0.4, -0.2) is 12.6 Å². The smallest absolute Gasteiger partial charge is 1.00 e. The predicted octanol–water partition coefficient (Wildman–Crippen LogP) is -2.15. The number of ether oxygens (including phenoxy) is 1. The maximum atomic E-state index is 9.82. The molecule has 4 heteroatoms. The van der Waals surface area contributed by atoms with Crippen molar-refractivity contribution in [2.24, 2.45) is 0 Å². The Bertz CT molecular complexity index is 62.5. The second kappa shape index (κ2) is 10.4. The summed E-state index contributed by atoms with van der Waals surface area (Å²) in [7, 11) is 0. The molecule has 0 atom stereocenters. The molecule has 0 unspecified atom stereocenters. The molecule has 3 N–H and O–H groups in total. The SMILES string of the molecule is CCOC(C)=O.N.[H-].[Na+]. The molecular weight excluding hydrogens is 117 g/mol. The van der Waals surface area contributed by atoms with E-state index < -0.39 is 0 Å². The topological polar surface area (TPSA) is 61.3 Å². The summed E-state index contributed by atoms with van der Waals surface area (Å²) in [6, 6.07) is 0. The summed E-state index contributed by atoms with van der Waals surface area (Å²) in [5, 5.41) is 0. The van der Waals surface area contributed by atoms with Gasteiger partial charge in [0, 0.05) is 6.92 Å². The van der Waals surface area contributed by atoms with Crippen molar-refractivity contribution in [2.75, 3.05) is 6.61 Å². The Morgan fingerprint density at radius 1 is 1.75 bits per heavy atom. The molecule has 0 spiro atoms. The predicted molar refractivity (Wildman–Crippen MR) is 28.4 cm³/mol. The van der Waals surface area contributed by atoms with Gasteiger partial charge >= 0.3 is 35.5 Å². The van der Waals surface area contributed by atoms with Crippen molar-refractivity contribution >= 4 is 5.97 Å². The van der Waals surface area contributed by atoms with Gasteiger partial charge in [-0.15, -0.1) is 0 Å². The minimum atomic E-state index is -0.211. The maximum Gasteiger partial charge on any atom is 1.00 e. The zero-order chi connectivity index (χ0) is 4.99. The van der Waals surface area contributed by atoms with Crippen LogP contribution >= 0.6 is 0 Å². The van der Waals surface area contributed by atoms with Gasteiger partial charge < -0.3 is 12.3 Å². The molecule has 0 amide bonds. The Labute approximate surface area is 73.1 Å². The zero-order valence-corrected chi connectivity index (χ0v) is 7.73. The maximum absolute atomic E-state index is 9.82. The van der Waals surface area contributed by atoms with Crippen LogP contribution in [0.1, 0.15) is 15.3 Å². The Morgan fingerprint density at radius 2 is 2.12 bits per heavy atom. The van der Waals surface area contributed by atoms with Gasteiger partial charge in [0.1, 0.15) is 0 Å². The summed E-state index contributed by atoms with van der Waals surface area (Å²) >= 11 is 0. The number of esters is 1. The van der Waals surface area contributed by atoms with Crippen LogP contribution in [0.25, 0.3) is 0 Å². The summed E-state index contributed by atoms with van der Waals surface area (Å²) in [6.45, 7) is 3.65. The first-order valence-corrected chi connectivity index (χ1v) is 1.90. The van der Waals surface area contributed by atoms with E-state index in [1.807, 2.05) is 0 Å². The van der Waals surface area contributed by atoms with E-state index >= 15 is 0 Å². The fourth-order valence-corrected chi connectivity index (χ4v) is 0.203. The zero-order valence-electron chi connectivity index (χ0n) is 6.73. The summed E-state index contributed by atoms with van der Waals surface area (Å²) in [5.74, 6) is -0.211. The minimum absolute atomic E-state index is 0. The van der Waals surface area contributed by atoms with Crippen LogP contribution in [0.5, 0.6) is 0 Å². The molecule has 0 aromatic heterocycles. The van der Waals surface area contributed by atoms with Crippen molar-refractivity contribution in [2.45, 2.75) is 13.8 Å². The van der Waals surface area contributed by atoms with Crippen LogP contribution < -0.4 is 35.7 Å². The molecule has 0 bridgehead atoms. The first kappa shape index (κ1) is 15.8. The van der Waals surface area contributed by atoms with E-state index in [4.69, 9.17) is 0 Å². The molecule has 46 valence electrons. The van der Waals surface area contributed by atoms with Gasteiger partial charge in [0.2, 0.25) is 0 Å². The molecule has 0 aromatic carbocycles. The Hall–Kier alpha value is 0.430. The molecule has 0 radical (unpaired) electrons. The normalized spacial score (nSPS) is 5.75. The van der Waals surface area contributed by atoms with Gasteiger partial charge in [-0.2, -0.15) is 0 Å². The summed E-state index contributed by atoms with van der Waals surface area (Å²) in [5.41, 5.74) is 0. The Balaban J connectivity index is -0.0000000417. The number of carbonyl (C=O) groups excluding carboxylic acids is 1. The fraction of sp³-hybridized carbons (Fsp3) is 0.750. The van der Waals surface area contributed by atoms with Gasteiger partial charge in [-0.3, -0.25) is 4.79 Å². The fourth-order valence-electron chi connectivity index (χ4n) is 0.203. The molecule has 0 heterocycles. The van der Waals surface area contributed by atoms with E-state index in [9.17, 15) is 4.79 Å². The van der Waals surface area contributed by atoms with E-state index in [1.165, 1.54) is 6.92 Å². The van der Waals surface area contributed by atoms with Crippen LogP contribution in [0.15, 0.2) is 0 Å². The molecule has 0 saturated carbocycles. The molecule has 0 saturated heterocycles. The molecular formula is C4H12NNaO2. The third-order valence-corrected chi connectivity index (χ3v) is 0.348. The van der Waals surface area contributed by atoms with Crippen LogP contribution in [0.2, 0.25) is 0 Å². The number of hydrogen-bond donors (Lipinski definition) is 1.